The number of amides is 2. The minimum absolute atomic E-state index is 0.198. The molecule has 0 radical (unpaired) electrons. The van der Waals surface area contributed by atoms with Crippen molar-refractivity contribution in [3.05, 3.63) is 22.8 Å². The number of hydrogen-bond donors (Lipinski definition) is 0. The molecule has 2 aliphatic rings. The first kappa shape index (κ1) is 18.1. The van der Waals surface area contributed by atoms with Gasteiger partial charge in [-0.15, -0.1) is 0 Å². The normalized spacial score (nSPS) is 22.2. The molecule has 0 spiro atoms. The van der Waals surface area contributed by atoms with Crippen LogP contribution in [0.5, 0.6) is 0 Å². The number of imide groups is 1. The van der Waals surface area contributed by atoms with Crippen molar-refractivity contribution in [1.82, 2.24) is 9.99 Å². The highest BCUT2D eigenvalue weighted by molar-refractivity contribution is 6.45. The van der Waals surface area contributed by atoms with Crippen molar-refractivity contribution in [1.29, 1.82) is 0 Å². The first-order valence-corrected chi connectivity index (χ1v) is 7.50. The fourth-order valence-corrected chi connectivity index (χ4v) is 2.96. The van der Waals surface area contributed by atoms with Crippen molar-refractivity contribution in [2.75, 3.05) is 12.1 Å². The Morgan fingerprint density at radius 2 is 2.00 bits per heavy atom. The topological polar surface area (TPSA) is 92.2 Å². The second-order valence-electron chi connectivity index (χ2n) is 5.58. The lowest BCUT2D eigenvalue weighted by atomic mass is 9.97. The lowest BCUT2D eigenvalue weighted by Crippen LogP contribution is -2.46. The lowest BCUT2D eigenvalue weighted by Gasteiger charge is -2.28. The van der Waals surface area contributed by atoms with Crippen LogP contribution in [0.1, 0.15) is 12.5 Å². The van der Waals surface area contributed by atoms with Crippen LogP contribution in [0.15, 0.2) is 17.4 Å². The third-order valence-corrected chi connectivity index (χ3v) is 4.18. The monoisotopic (exact) mass is 390 g/mol. The third kappa shape index (κ3) is 2.68. The number of aromatic nitrogens is 1. The molecule has 26 heavy (non-hydrogen) atoms. The van der Waals surface area contributed by atoms with Crippen molar-refractivity contribution < 1.29 is 32.4 Å². The summed E-state index contributed by atoms with van der Waals surface area (Å²) in [7, 11) is 1.23. The highest BCUT2D eigenvalue weighted by Crippen LogP contribution is 2.36. The molecule has 2 atom stereocenters. The van der Waals surface area contributed by atoms with E-state index in [2.05, 4.69) is 10.1 Å². The quantitative estimate of drug-likeness (QED) is 0.725. The molecule has 0 saturated carbocycles. The molecule has 0 unspecified atom stereocenters. The SMILES string of the molecule is CC(=O)C1=NO[C@H]2C(=O)N(N(C)c3ncc(C(F)(F)F)cc3Cl)C(=O)[C@@H]12. The van der Waals surface area contributed by atoms with Crippen LogP contribution < -0.4 is 5.01 Å². The average molecular weight is 391 g/mol. The zero-order chi connectivity index (χ0) is 19.4. The predicted octanol–water partition coefficient (Wildman–Crippen LogP) is 1.43. The van der Waals surface area contributed by atoms with Gasteiger partial charge in [0.1, 0.15) is 11.6 Å². The highest BCUT2D eigenvalue weighted by Gasteiger charge is 2.58. The molecule has 3 rings (SSSR count). The number of pyridine rings is 1. The van der Waals surface area contributed by atoms with Crippen LogP contribution in [0.4, 0.5) is 19.0 Å². The van der Waals surface area contributed by atoms with Gasteiger partial charge in [0.05, 0.1) is 10.6 Å². The van der Waals surface area contributed by atoms with Gasteiger partial charge in [-0.1, -0.05) is 16.8 Å². The van der Waals surface area contributed by atoms with E-state index in [9.17, 15) is 27.6 Å². The van der Waals surface area contributed by atoms with Gasteiger partial charge in [0.25, 0.3) is 11.8 Å². The van der Waals surface area contributed by atoms with Gasteiger partial charge in [-0.2, -0.15) is 18.2 Å². The van der Waals surface area contributed by atoms with E-state index < -0.39 is 46.4 Å². The van der Waals surface area contributed by atoms with Crippen molar-refractivity contribution in [2.24, 2.45) is 11.1 Å². The molecule has 0 aliphatic carbocycles. The number of hydrogen-bond acceptors (Lipinski definition) is 7. The maximum atomic E-state index is 12.7. The predicted molar refractivity (Wildman–Crippen MR) is 81.0 cm³/mol. The Balaban J connectivity index is 1.93. The van der Waals surface area contributed by atoms with E-state index in [-0.39, 0.29) is 11.5 Å². The molecular formula is C14H10ClF3N4O4. The van der Waals surface area contributed by atoms with Gasteiger partial charge in [0, 0.05) is 20.2 Å². The summed E-state index contributed by atoms with van der Waals surface area (Å²) in [5.41, 5.74) is -1.28. The van der Waals surface area contributed by atoms with Crippen LogP contribution in [0, 0.1) is 5.92 Å². The Morgan fingerprint density at radius 3 is 2.54 bits per heavy atom. The smallest absolute Gasteiger partial charge is 0.381 e. The number of ketones is 1. The Morgan fingerprint density at radius 1 is 1.35 bits per heavy atom. The lowest BCUT2D eigenvalue weighted by molar-refractivity contribution is -0.143. The fourth-order valence-electron chi connectivity index (χ4n) is 2.67. The van der Waals surface area contributed by atoms with Gasteiger partial charge >= 0.3 is 6.18 Å². The van der Waals surface area contributed by atoms with Gasteiger partial charge < -0.3 is 4.84 Å². The average Bonchev–Trinajstić information content (AvgIpc) is 3.07. The number of Topliss-reactive ketones (excluding diaryl/α,β-unsaturated/α-hetero) is 1. The molecular weight excluding hydrogens is 381 g/mol. The maximum absolute atomic E-state index is 12.7. The number of carbonyl (C=O) groups excluding carboxylic acids is 3. The first-order chi connectivity index (χ1) is 12.0. The maximum Gasteiger partial charge on any atom is 0.417 e. The molecule has 138 valence electrons. The molecule has 1 saturated heterocycles. The van der Waals surface area contributed by atoms with Crippen LogP contribution in [0.25, 0.3) is 0 Å². The largest absolute Gasteiger partial charge is 0.417 e. The summed E-state index contributed by atoms with van der Waals surface area (Å²) < 4.78 is 38.1. The van der Waals surface area contributed by atoms with E-state index in [0.29, 0.717) is 17.3 Å². The minimum Gasteiger partial charge on any atom is -0.381 e. The summed E-state index contributed by atoms with van der Waals surface area (Å²) in [6.45, 7) is 1.17. The number of rotatable bonds is 3. The highest BCUT2D eigenvalue weighted by atomic mass is 35.5. The van der Waals surface area contributed by atoms with Gasteiger partial charge in [-0.25, -0.2) is 4.98 Å². The molecule has 0 N–H and O–H groups in total. The Hall–Kier alpha value is -2.69. The Bertz CT molecular complexity index is 857. The number of nitrogens with zero attached hydrogens (tertiary/aromatic N) is 4. The number of carbonyl (C=O) groups is 3. The van der Waals surface area contributed by atoms with E-state index in [0.717, 1.165) is 5.01 Å². The van der Waals surface area contributed by atoms with Gasteiger partial charge in [-0.3, -0.25) is 19.4 Å². The summed E-state index contributed by atoms with van der Waals surface area (Å²) in [5.74, 6) is -3.64. The number of anilines is 1. The molecule has 1 fully saturated rings. The Kier molecular flexibility index (Phi) is 4.14. The molecule has 0 bridgehead atoms. The number of hydrazine groups is 1. The molecule has 3 heterocycles. The molecule has 1 aromatic rings. The van der Waals surface area contributed by atoms with Crippen molar-refractivity contribution in [2.45, 2.75) is 19.2 Å². The van der Waals surface area contributed by atoms with Crippen LogP contribution >= 0.6 is 11.6 Å². The van der Waals surface area contributed by atoms with Gasteiger partial charge in [-0.05, 0) is 6.07 Å². The fraction of sp³-hybridized carbons (Fsp3) is 0.357. The minimum atomic E-state index is -4.65. The molecule has 2 aliphatic heterocycles. The van der Waals surface area contributed by atoms with E-state index in [4.69, 9.17) is 16.4 Å². The molecule has 0 aromatic carbocycles. The number of fused-ring (bicyclic) bond motifs is 1. The second-order valence-corrected chi connectivity index (χ2v) is 5.98. The number of alkyl halides is 3. The van der Waals surface area contributed by atoms with Crippen molar-refractivity contribution in [3.63, 3.8) is 0 Å². The van der Waals surface area contributed by atoms with E-state index in [1.54, 1.807) is 0 Å². The number of halogens is 4. The van der Waals surface area contributed by atoms with E-state index in [1.165, 1.54) is 14.0 Å². The van der Waals surface area contributed by atoms with E-state index >= 15 is 0 Å². The summed E-state index contributed by atoms with van der Waals surface area (Å²) in [4.78, 5) is 45.0. The molecule has 8 nitrogen and oxygen atoms in total. The van der Waals surface area contributed by atoms with Crippen molar-refractivity contribution >= 4 is 40.7 Å². The van der Waals surface area contributed by atoms with Crippen LogP contribution in [-0.2, 0) is 25.4 Å². The summed E-state index contributed by atoms with van der Waals surface area (Å²) in [5, 5.41) is 4.57. The third-order valence-electron chi connectivity index (χ3n) is 3.91. The molecule has 2 amide bonds. The first-order valence-electron chi connectivity index (χ1n) is 7.13. The van der Waals surface area contributed by atoms with Crippen LogP contribution in [0.2, 0.25) is 5.02 Å². The zero-order valence-electron chi connectivity index (χ0n) is 13.2. The van der Waals surface area contributed by atoms with Gasteiger partial charge in [0.15, 0.2) is 11.6 Å². The van der Waals surface area contributed by atoms with Crippen LogP contribution in [0.3, 0.4) is 0 Å². The van der Waals surface area contributed by atoms with Gasteiger partial charge in [0.2, 0.25) is 6.10 Å². The summed E-state index contributed by atoms with van der Waals surface area (Å²) in [6, 6.07) is 0.630. The van der Waals surface area contributed by atoms with Crippen molar-refractivity contribution in [3.8, 4) is 0 Å². The summed E-state index contributed by atoms with van der Waals surface area (Å²) >= 11 is 5.84. The van der Waals surface area contributed by atoms with Crippen LogP contribution in [-0.4, -0.2) is 46.5 Å². The second kappa shape index (κ2) is 5.94. The Labute approximate surface area is 149 Å². The van der Waals surface area contributed by atoms with E-state index in [1.807, 2.05) is 0 Å². The standard InChI is InChI=1S/C14H10ClF3N4O4/c1-5(23)9-8-10(26-20-9)13(25)22(12(8)24)21(2)11-7(15)3-6(4-19-11)14(16,17)18/h3-4,8,10H,1-2H3/t8-,10+/m0/s1. The number of oxime groups is 1. The zero-order valence-corrected chi connectivity index (χ0v) is 14.0. The molecule has 1 aromatic heterocycles. The summed E-state index contributed by atoms with van der Waals surface area (Å²) in [6.07, 6.45) is -5.43. The molecule has 12 heteroatoms.